The molecule has 0 aliphatic rings. The Morgan fingerprint density at radius 2 is 1.85 bits per heavy atom. The molecule has 0 bridgehead atoms. The molecule has 148 valence electrons. The summed E-state index contributed by atoms with van der Waals surface area (Å²) in [5, 5.41) is 0. The molecule has 0 saturated heterocycles. The van der Waals surface area contributed by atoms with Gasteiger partial charge in [-0.2, -0.15) is 13.2 Å². The van der Waals surface area contributed by atoms with Crippen molar-refractivity contribution in [1.29, 1.82) is 0 Å². The first-order chi connectivity index (χ1) is 12.6. The number of carbonyl (C=O) groups is 1. The van der Waals surface area contributed by atoms with Crippen molar-refractivity contribution in [2.45, 2.75) is 59.4 Å². The molecule has 0 radical (unpaired) electrons. The number of carbonyl (C=O) groups excluding carboxylic acids is 1. The van der Waals surface area contributed by atoms with Crippen molar-refractivity contribution in [1.82, 2.24) is 14.5 Å². The molecular formula is C20H26F3N3O. The maximum absolute atomic E-state index is 13.2. The van der Waals surface area contributed by atoms with Gasteiger partial charge in [-0.05, 0) is 31.4 Å². The standard InChI is InChI=1S/C20H26F3N3O/c1-14(2)11-19(27)26(15(3)4)13-18-24-9-10-25(18)12-16-7-5-6-8-17(16)20(21,22)23/h5-10,14-15H,11-13H2,1-4H3. The summed E-state index contributed by atoms with van der Waals surface area (Å²) in [4.78, 5) is 18.5. The van der Waals surface area contributed by atoms with Gasteiger partial charge in [0.25, 0.3) is 0 Å². The lowest BCUT2D eigenvalue weighted by Gasteiger charge is -2.27. The minimum Gasteiger partial charge on any atom is -0.333 e. The third kappa shape index (κ3) is 5.58. The number of nitrogens with zero attached hydrogens (tertiary/aromatic N) is 3. The second-order valence-electron chi connectivity index (χ2n) is 7.34. The summed E-state index contributed by atoms with van der Waals surface area (Å²) < 4.78 is 41.4. The normalized spacial score (nSPS) is 12.0. The van der Waals surface area contributed by atoms with Gasteiger partial charge in [-0.15, -0.1) is 0 Å². The first-order valence-electron chi connectivity index (χ1n) is 9.04. The number of hydrogen-bond donors (Lipinski definition) is 0. The smallest absolute Gasteiger partial charge is 0.333 e. The van der Waals surface area contributed by atoms with Crippen LogP contribution in [0, 0.1) is 5.92 Å². The third-order valence-electron chi connectivity index (χ3n) is 4.30. The number of hydrogen-bond acceptors (Lipinski definition) is 2. The predicted octanol–water partition coefficient (Wildman–Crippen LogP) is 4.73. The summed E-state index contributed by atoms with van der Waals surface area (Å²) in [5.41, 5.74) is -0.477. The predicted molar refractivity (Wildman–Crippen MR) is 97.9 cm³/mol. The molecule has 2 aromatic rings. The summed E-state index contributed by atoms with van der Waals surface area (Å²) >= 11 is 0. The van der Waals surface area contributed by atoms with Crippen LogP contribution in [0.15, 0.2) is 36.7 Å². The van der Waals surface area contributed by atoms with Gasteiger partial charge < -0.3 is 9.47 Å². The van der Waals surface area contributed by atoms with E-state index in [2.05, 4.69) is 4.98 Å². The second kappa shape index (κ2) is 8.59. The van der Waals surface area contributed by atoms with E-state index in [9.17, 15) is 18.0 Å². The van der Waals surface area contributed by atoms with Crippen LogP contribution in [0.4, 0.5) is 13.2 Å². The van der Waals surface area contributed by atoms with E-state index >= 15 is 0 Å². The molecule has 1 aromatic carbocycles. The number of benzene rings is 1. The zero-order valence-corrected chi connectivity index (χ0v) is 16.1. The van der Waals surface area contributed by atoms with Gasteiger partial charge in [0.1, 0.15) is 5.82 Å². The first kappa shape index (κ1) is 21.0. The average molecular weight is 381 g/mol. The van der Waals surface area contributed by atoms with Crippen molar-refractivity contribution in [2.75, 3.05) is 0 Å². The van der Waals surface area contributed by atoms with Gasteiger partial charge in [0, 0.05) is 31.4 Å². The maximum Gasteiger partial charge on any atom is 0.416 e. The highest BCUT2D eigenvalue weighted by Crippen LogP contribution is 2.32. The van der Waals surface area contributed by atoms with Gasteiger partial charge in [-0.3, -0.25) is 4.79 Å². The molecule has 0 fully saturated rings. The Hall–Kier alpha value is -2.31. The minimum atomic E-state index is -4.41. The maximum atomic E-state index is 13.2. The Labute approximate surface area is 158 Å². The highest BCUT2D eigenvalue weighted by atomic mass is 19.4. The van der Waals surface area contributed by atoms with Gasteiger partial charge in [-0.1, -0.05) is 32.0 Å². The minimum absolute atomic E-state index is 0.0187. The number of imidazole rings is 1. The molecular weight excluding hydrogens is 355 g/mol. The lowest BCUT2D eigenvalue weighted by Crippen LogP contribution is -2.37. The lowest BCUT2D eigenvalue weighted by atomic mass is 10.1. The Morgan fingerprint density at radius 1 is 1.19 bits per heavy atom. The lowest BCUT2D eigenvalue weighted by molar-refractivity contribution is -0.138. The summed E-state index contributed by atoms with van der Waals surface area (Å²) in [6.45, 7) is 8.12. The van der Waals surface area contributed by atoms with Crippen molar-refractivity contribution in [3.63, 3.8) is 0 Å². The molecule has 4 nitrogen and oxygen atoms in total. The molecule has 1 amide bonds. The van der Waals surface area contributed by atoms with Crippen molar-refractivity contribution in [3.8, 4) is 0 Å². The molecule has 0 aliphatic heterocycles. The average Bonchev–Trinajstić information content (AvgIpc) is 2.98. The molecule has 1 heterocycles. The summed E-state index contributed by atoms with van der Waals surface area (Å²) in [7, 11) is 0. The van der Waals surface area contributed by atoms with Crippen LogP contribution in [0.3, 0.4) is 0 Å². The Kier molecular flexibility index (Phi) is 6.68. The van der Waals surface area contributed by atoms with Crippen LogP contribution in [-0.2, 0) is 24.1 Å². The van der Waals surface area contributed by atoms with E-state index in [1.165, 1.54) is 12.1 Å². The zero-order chi connectivity index (χ0) is 20.2. The van der Waals surface area contributed by atoms with Gasteiger partial charge in [0.2, 0.25) is 5.91 Å². The summed E-state index contributed by atoms with van der Waals surface area (Å²) in [6.07, 6.45) is -0.783. The fourth-order valence-electron chi connectivity index (χ4n) is 2.93. The molecule has 0 aliphatic carbocycles. The molecule has 0 N–H and O–H groups in total. The van der Waals surface area contributed by atoms with Gasteiger partial charge in [-0.25, -0.2) is 4.98 Å². The van der Waals surface area contributed by atoms with Crippen LogP contribution in [-0.4, -0.2) is 26.4 Å². The third-order valence-corrected chi connectivity index (χ3v) is 4.30. The van der Waals surface area contributed by atoms with Crippen LogP contribution in [0.1, 0.15) is 51.1 Å². The fourth-order valence-corrected chi connectivity index (χ4v) is 2.93. The molecule has 0 unspecified atom stereocenters. The van der Waals surface area contributed by atoms with Gasteiger partial charge >= 0.3 is 6.18 Å². The quantitative estimate of drug-likeness (QED) is 0.695. The topological polar surface area (TPSA) is 38.1 Å². The molecule has 0 saturated carbocycles. The highest BCUT2D eigenvalue weighted by molar-refractivity contribution is 5.76. The van der Waals surface area contributed by atoms with Crippen LogP contribution < -0.4 is 0 Å². The van der Waals surface area contributed by atoms with E-state index in [0.29, 0.717) is 12.2 Å². The van der Waals surface area contributed by atoms with Crippen molar-refractivity contribution < 1.29 is 18.0 Å². The Balaban J connectivity index is 2.25. The Morgan fingerprint density at radius 3 is 2.44 bits per heavy atom. The number of alkyl halides is 3. The number of rotatable bonds is 7. The molecule has 2 rings (SSSR count). The number of halogens is 3. The second-order valence-corrected chi connectivity index (χ2v) is 7.34. The first-order valence-corrected chi connectivity index (χ1v) is 9.04. The van der Waals surface area contributed by atoms with E-state index in [1.54, 1.807) is 27.9 Å². The number of aromatic nitrogens is 2. The van der Waals surface area contributed by atoms with E-state index in [0.717, 1.165) is 6.07 Å². The number of amides is 1. The summed E-state index contributed by atoms with van der Waals surface area (Å²) in [6, 6.07) is 5.50. The largest absolute Gasteiger partial charge is 0.416 e. The monoisotopic (exact) mass is 381 g/mol. The molecule has 7 heteroatoms. The molecule has 0 atom stereocenters. The van der Waals surface area contributed by atoms with Crippen LogP contribution in [0.25, 0.3) is 0 Å². The molecule has 27 heavy (non-hydrogen) atoms. The Bertz CT molecular complexity index is 766. The van der Waals surface area contributed by atoms with Crippen LogP contribution >= 0.6 is 0 Å². The van der Waals surface area contributed by atoms with Crippen LogP contribution in [0.5, 0.6) is 0 Å². The molecule has 1 aromatic heterocycles. The van der Waals surface area contributed by atoms with E-state index < -0.39 is 11.7 Å². The van der Waals surface area contributed by atoms with E-state index in [4.69, 9.17) is 0 Å². The van der Waals surface area contributed by atoms with Gasteiger partial charge in [0.15, 0.2) is 0 Å². The fraction of sp³-hybridized carbons (Fsp3) is 0.500. The van der Waals surface area contributed by atoms with Crippen molar-refractivity contribution in [2.24, 2.45) is 5.92 Å². The van der Waals surface area contributed by atoms with E-state index in [-0.39, 0.29) is 36.5 Å². The van der Waals surface area contributed by atoms with Gasteiger partial charge in [0.05, 0.1) is 12.1 Å². The zero-order valence-electron chi connectivity index (χ0n) is 16.1. The highest BCUT2D eigenvalue weighted by Gasteiger charge is 2.33. The summed E-state index contributed by atoms with van der Waals surface area (Å²) in [5.74, 6) is 0.820. The SMILES string of the molecule is CC(C)CC(=O)N(Cc1nccn1Cc1ccccc1C(F)(F)F)C(C)C. The molecule has 0 spiro atoms. The van der Waals surface area contributed by atoms with Crippen LogP contribution in [0.2, 0.25) is 0 Å². The van der Waals surface area contributed by atoms with E-state index in [1.807, 2.05) is 27.7 Å². The van der Waals surface area contributed by atoms with Crippen molar-refractivity contribution >= 4 is 5.91 Å². The van der Waals surface area contributed by atoms with Crippen molar-refractivity contribution in [3.05, 3.63) is 53.6 Å².